The number of nitrogens with zero attached hydrogens (tertiary/aromatic N) is 1. The van der Waals surface area contributed by atoms with E-state index in [9.17, 15) is 9.59 Å². The van der Waals surface area contributed by atoms with E-state index in [4.69, 9.17) is 4.74 Å². The molecule has 112 valence electrons. The highest BCUT2D eigenvalue weighted by Gasteiger charge is 2.03. The lowest BCUT2D eigenvalue weighted by Gasteiger charge is -2.04. The van der Waals surface area contributed by atoms with Crippen LogP contribution in [0.3, 0.4) is 0 Å². The Balaban J connectivity index is 1.78. The van der Waals surface area contributed by atoms with Crippen molar-refractivity contribution in [3.8, 4) is 5.75 Å². The number of ether oxygens (including phenoxy) is 1. The molecule has 2 aromatic carbocycles. The summed E-state index contributed by atoms with van der Waals surface area (Å²) in [6.07, 6.45) is 1.06. The largest absolute Gasteiger partial charge is 0.484 e. The number of hydrogen-bond acceptors (Lipinski definition) is 4. The van der Waals surface area contributed by atoms with Crippen molar-refractivity contribution in [3.05, 3.63) is 64.6 Å². The molecular weight excluding hydrogens is 348 g/mol. The van der Waals surface area contributed by atoms with Crippen LogP contribution >= 0.6 is 15.9 Å². The molecule has 2 aromatic rings. The minimum absolute atomic E-state index is 0.187. The van der Waals surface area contributed by atoms with Crippen LogP contribution in [0.1, 0.15) is 10.4 Å². The second-order valence-electron chi connectivity index (χ2n) is 4.27. The van der Waals surface area contributed by atoms with E-state index in [0.717, 1.165) is 10.7 Å². The first-order valence-electron chi connectivity index (χ1n) is 6.45. The zero-order valence-corrected chi connectivity index (χ0v) is 13.1. The van der Waals surface area contributed by atoms with Gasteiger partial charge in [0.05, 0.1) is 6.21 Å². The van der Waals surface area contributed by atoms with Gasteiger partial charge in [-0.25, -0.2) is 5.43 Å². The maximum atomic E-state index is 11.7. The summed E-state index contributed by atoms with van der Waals surface area (Å²) in [6, 6.07) is 15.8. The standard InChI is InChI=1S/C16H13BrN2O3/c17-13-7-4-8-14(9-13)22-11-16(21)19-18-10-15(20)12-5-2-1-3-6-12/h1-10H,11H2,(H,19,21)/b18-10-. The Morgan fingerprint density at radius 1 is 1.14 bits per heavy atom. The highest BCUT2D eigenvalue weighted by molar-refractivity contribution is 9.10. The van der Waals surface area contributed by atoms with Gasteiger partial charge in [0.25, 0.3) is 5.91 Å². The number of hydrazone groups is 1. The zero-order chi connectivity index (χ0) is 15.8. The molecule has 0 bridgehead atoms. The topological polar surface area (TPSA) is 67.8 Å². The molecule has 0 radical (unpaired) electrons. The minimum atomic E-state index is -0.447. The van der Waals surface area contributed by atoms with Crippen molar-refractivity contribution in [3.63, 3.8) is 0 Å². The van der Waals surface area contributed by atoms with Crippen LogP contribution in [0.4, 0.5) is 0 Å². The van der Waals surface area contributed by atoms with Gasteiger partial charge < -0.3 is 4.74 Å². The first-order valence-corrected chi connectivity index (χ1v) is 7.24. The third-order valence-corrected chi connectivity index (χ3v) is 3.09. The summed E-state index contributed by atoms with van der Waals surface area (Å²) in [5, 5.41) is 3.61. The van der Waals surface area contributed by atoms with Gasteiger partial charge in [-0.3, -0.25) is 9.59 Å². The van der Waals surface area contributed by atoms with Crippen molar-refractivity contribution in [1.29, 1.82) is 0 Å². The van der Waals surface area contributed by atoms with E-state index in [1.54, 1.807) is 42.5 Å². The number of carbonyl (C=O) groups excluding carboxylic acids is 2. The molecule has 0 unspecified atom stereocenters. The Morgan fingerprint density at radius 2 is 1.91 bits per heavy atom. The normalized spacial score (nSPS) is 10.4. The SMILES string of the molecule is O=C(COc1cccc(Br)c1)N/N=C\C(=O)c1ccccc1. The molecule has 1 N–H and O–H groups in total. The molecule has 0 saturated carbocycles. The summed E-state index contributed by atoms with van der Waals surface area (Å²) >= 11 is 3.31. The van der Waals surface area contributed by atoms with Gasteiger partial charge in [0.2, 0.25) is 5.78 Å². The monoisotopic (exact) mass is 360 g/mol. The molecule has 0 saturated heterocycles. The van der Waals surface area contributed by atoms with Gasteiger partial charge in [0, 0.05) is 10.0 Å². The van der Waals surface area contributed by atoms with E-state index in [2.05, 4.69) is 26.5 Å². The molecule has 0 aromatic heterocycles. The molecule has 0 aliphatic heterocycles. The average molecular weight is 361 g/mol. The zero-order valence-electron chi connectivity index (χ0n) is 11.5. The van der Waals surface area contributed by atoms with Crippen LogP contribution in [-0.4, -0.2) is 24.5 Å². The molecule has 2 rings (SSSR count). The number of hydrogen-bond donors (Lipinski definition) is 1. The highest BCUT2D eigenvalue weighted by Crippen LogP contribution is 2.17. The summed E-state index contributed by atoms with van der Waals surface area (Å²) in [4.78, 5) is 23.3. The van der Waals surface area contributed by atoms with Crippen molar-refractivity contribution < 1.29 is 14.3 Å². The Labute approximate surface area is 136 Å². The Kier molecular flexibility index (Phi) is 5.85. The van der Waals surface area contributed by atoms with Gasteiger partial charge >= 0.3 is 0 Å². The molecule has 22 heavy (non-hydrogen) atoms. The van der Waals surface area contributed by atoms with Crippen molar-refractivity contribution >= 4 is 33.8 Å². The van der Waals surface area contributed by atoms with Gasteiger partial charge in [0.1, 0.15) is 5.75 Å². The molecule has 0 heterocycles. The van der Waals surface area contributed by atoms with E-state index in [1.165, 1.54) is 0 Å². The van der Waals surface area contributed by atoms with Crippen LogP contribution in [0.25, 0.3) is 0 Å². The van der Waals surface area contributed by atoms with Crippen LogP contribution in [-0.2, 0) is 4.79 Å². The second kappa shape index (κ2) is 8.09. The van der Waals surface area contributed by atoms with E-state index >= 15 is 0 Å². The number of Topliss-reactive ketones (excluding diaryl/α,β-unsaturated/α-hetero) is 1. The van der Waals surface area contributed by atoms with Gasteiger partial charge in [-0.2, -0.15) is 5.10 Å². The van der Waals surface area contributed by atoms with Crippen LogP contribution in [0.2, 0.25) is 0 Å². The number of amides is 1. The third-order valence-electron chi connectivity index (χ3n) is 2.60. The third kappa shape index (κ3) is 5.14. The molecule has 0 aliphatic carbocycles. The molecule has 0 atom stereocenters. The number of benzene rings is 2. The van der Waals surface area contributed by atoms with Crippen molar-refractivity contribution in [2.75, 3.05) is 6.61 Å². The van der Waals surface area contributed by atoms with E-state index in [-0.39, 0.29) is 12.4 Å². The fraction of sp³-hybridized carbons (Fsp3) is 0.0625. The predicted octanol–water partition coefficient (Wildman–Crippen LogP) is 2.81. The lowest BCUT2D eigenvalue weighted by atomic mass is 10.1. The molecule has 0 spiro atoms. The molecule has 5 nitrogen and oxygen atoms in total. The summed E-state index contributed by atoms with van der Waals surface area (Å²) in [7, 11) is 0. The van der Waals surface area contributed by atoms with Crippen LogP contribution < -0.4 is 10.2 Å². The predicted molar refractivity (Wildman–Crippen MR) is 87.0 cm³/mol. The first kappa shape index (κ1) is 15.9. The van der Waals surface area contributed by atoms with Gasteiger partial charge in [0.15, 0.2) is 6.61 Å². The van der Waals surface area contributed by atoms with Crippen molar-refractivity contribution in [2.45, 2.75) is 0 Å². The average Bonchev–Trinajstić information content (AvgIpc) is 2.54. The smallest absolute Gasteiger partial charge is 0.277 e. The van der Waals surface area contributed by atoms with Crippen molar-refractivity contribution in [1.82, 2.24) is 5.43 Å². The minimum Gasteiger partial charge on any atom is -0.484 e. The summed E-state index contributed by atoms with van der Waals surface area (Å²) in [6.45, 7) is -0.187. The van der Waals surface area contributed by atoms with E-state index < -0.39 is 5.91 Å². The molecule has 0 aliphatic rings. The number of nitrogens with one attached hydrogen (secondary N) is 1. The summed E-state index contributed by atoms with van der Waals surface area (Å²) in [5.41, 5.74) is 2.75. The second-order valence-corrected chi connectivity index (χ2v) is 5.19. The van der Waals surface area contributed by atoms with E-state index in [0.29, 0.717) is 11.3 Å². The van der Waals surface area contributed by atoms with Gasteiger partial charge in [-0.15, -0.1) is 0 Å². The van der Waals surface area contributed by atoms with Gasteiger partial charge in [-0.05, 0) is 18.2 Å². The van der Waals surface area contributed by atoms with Crippen molar-refractivity contribution in [2.24, 2.45) is 5.10 Å². The summed E-state index contributed by atoms with van der Waals surface area (Å²) in [5.74, 6) is -0.167. The lowest BCUT2D eigenvalue weighted by molar-refractivity contribution is -0.123. The number of halogens is 1. The lowest BCUT2D eigenvalue weighted by Crippen LogP contribution is -2.25. The fourth-order valence-electron chi connectivity index (χ4n) is 1.58. The van der Waals surface area contributed by atoms with Crippen LogP contribution in [0.15, 0.2) is 64.2 Å². The first-order chi connectivity index (χ1) is 10.6. The van der Waals surface area contributed by atoms with E-state index in [1.807, 2.05) is 12.1 Å². The molecule has 0 fully saturated rings. The van der Waals surface area contributed by atoms with Gasteiger partial charge in [-0.1, -0.05) is 52.3 Å². The van der Waals surface area contributed by atoms with Crippen LogP contribution in [0.5, 0.6) is 5.75 Å². The summed E-state index contributed by atoms with van der Waals surface area (Å²) < 4.78 is 6.15. The molecule has 6 heteroatoms. The fourth-order valence-corrected chi connectivity index (χ4v) is 1.96. The Bertz CT molecular complexity index is 687. The number of rotatable bonds is 6. The Morgan fingerprint density at radius 3 is 2.64 bits per heavy atom. The number of ketones is 1. The van der Waals surface area contributed by atoms with Crippen LogP contribution in [0, 0.1) is 0 Å². The maximum absolute atomic E-state index is 11.7. The molecule has 1 amide bonds. The maximum Gasteiger partial charge on any atom is 0.277 e. The quantitative estimate of drug-likeness (QED) is 0.489. The Hall–Kier alpha value is -2.47. The molecular formula is C16H13BrN2O3. The number of carbonyl (C=O) groups is 2. The highest BCUT2D eigenvalue weighted by atomic mass is 79.9.